The molecular formula is C19H27N3O4S. The first-order valence-electron chi connectivity index (χ1n) is 9.54. The molecule has 27 heavy (non-hydrogen) atoms. The third-order valence-corrected chi connectivity index (χ3v) is 7.09. The SMILES string of the molecule is CC(=O)Nc1ccc(S(=O)(=O)N2CCC[C@@H](C(=O)N3CCCCC3)C2)cc1. The van der Waals surface area contributed by atoms with Crippen molar-refractivity contribution in [2.24, 2.45) is 5.92 Å². The van der Waals surface area contributed by atoms with E-state index < -0.39 is 10.0 Å². The summed E-state index contributed by atoms with van der Waals surface area (Å²) < 4.78 is 27.4. The van der Waals surface area contributed by atoms with Crippen LogP contribution < -0.4 is 5.32 Å². The molecule has 1 atom stereocenters. The van der Waals surface area contributed by atoms with E-state index >= 15 is 0 Å². The van der Waals surface area contributed by atoms with E-state index in [1.54, 1.807) is 12.1 Å². The molecule has 1 aromatic rings. The highest BCUT2D eigenvalue weighted by molar-refractivity contribution is 7.89. The summed E-state index contributed by atoms with van der Waals surface area (Å²) in [7, 11) is -3.65. The van der Waals surface area contributed by atoms with Gasteiger partial charge in [0.15, 0.2) is 0 Å². The van der Waals surface area contributed by atoms with Gasteiger partial charge in [-0.15, -0.1) is 0 Å². The van der Waals surface area contributed by atoms with E-state index in [9.17, 15) is 18.0 Å². The summed E-state index contributed by atoms with van der Waals surface area (Å²) >= 11 is 0. The van der Waals surface area contributed by atoms with Crippen LogP contribution in [-0.2, 0) is 19.6 Å². The van der Waals surface area contributed by atoms with E-state index in [0.29, 0.717) is 18.7 Å². The number of sulfonamides is 1. The van der Waals surface area contributed by atoms with Crippen LogP contribution >= 0.6 is 0 Å². The maximum absolute atomic E-state index is 13.0. The minimum Gasteiger partial charge on any atom is -0.342 e. The zero-order valence-corrected chi connectivity index (χ0v) is 16.5. The lowest BCUT2D eigenvalue weighted by atomic mass is 9.97. The van der Waals surface area contributed by atoms with E-state index in [0.717, 1.165) is 38.8 Å². The molecule has 0 radical (unpaired) electrons. The number of carbonyl (C=O) groups is 2. The lowest BCUT2D eigenvalue weighted by molar-refractivity contribution is -0.137. The van der Waals surface area contributed by atoms with Gasteiger partial charge in [-0.1, -0.05) is 0 Å². The third-order valence-electron chi connectivity index (χ3n) is 5.21. The molecule has 7 nitrogen and oxygen atoms in total. The predicted octanol–water partition coefficient (Wildman–Crippen LogP) is 2.06. The summed E-state index contributed by atoms with van der Waals surface area (Å²) in [6.07, 6.45) is 4.64. The molecule has 1 aromatic carbocycles. The lowest BCUT2D eigenvalue weighted by Gasteiger charge is -2.35. The van der Waals surface area contributed by atoms with Crippen molar-refractivity contribution in [1.29, 1.82) is 0 Å². The number of hydrogen-bond donors (Lipinski definition) is 1. The molecule has 2 aliphatic heterocycles. The van der Waals surface area contributed by atoms with Crippen molar-refractivity contribution in [1.82, 2.24) is 9.21 Å². The Bertz CT molecular complexity index is 786. The number of amides is 2. The third kappa shape index (κ3) is 4.68. The Labute approximate surface area is 160 Å². The predicted molar refractivity (Wildman–Crippen MR) is 103 cm³/mol. The van der Waals surface area contributed by atoms with Crippen LogP contribution in [-0.4, -0.2) is 55.6 Å². The van der Waals surface area contributed by atoms with Gasteiger partial charge in [-0.2, -0.15) is 4.31 Å². The van der Waals surface area contributed by atoms with Crippen LogP contribution in [0.2, 0.25) is 0 Å². The number of benzene rings is 1. The second-order valence-electron chi connectivity index (χ2n) is 7.29. The Morgan fingerprint density at radius 2 is 1.67 bits per heavy atom. The summed E-state index contributed by atoms with van der Waals surface area (Å²) in [4.78, 5) is 26.0. The largest absolute Gasteiger partial charge is 0.342 e. The molecule has 2 heterocycles. The first-order valence-corrected chi connectivity index (χ1v) is 11.0. The van der Waals surface area contributed by atoms with Crippen LogP contribution in [0.3, 0.4) is 0 Å². The number of hydrogen-bond acceptors (Lipinski definition) is 4. The summed E-state index contributed by atoms with van der Waals surface area (Å²) in [6, 6.07) is 6.15. The van der Waals surface area contributed by atoms with E-state index in [1.165, 1.54) is 23.4 Å². The molecule has 3 rings (SSSR count). The smallest absolute Gasteiger partial charge is 0.243 e. The summed E-state index contributed by atoms with van der Waals surface area (Å²) in [5.41, 5.74) is 0.554. The van der Waals surface area contributed by atoms with Crippen LogP contribution in [0.15, 0.2) is 29.2 Å². The topological polar surface area (TPSA) is 86.8 Å². The van der Waals surface area contributed by atoms with Crippen LogP contribution in [0.1, 0.15) is 39.0 Å². The lowest BCUT2D eigenvalue weighted by Crippen LogP contribution is -2.47. The maximum Gasteiger partial charge on any atom is 0.243 e. The van der Waals surface area contributed by atoms with Crippen LogP contribution in [0.4, 0.5) is 5.69 Å². The highest BCUT2D eigenvalue weighted by Gasteiger charge is 2.35. The van der Waals surface area contributed by atoms with Crippen molar-refractivity contribution in [2.45, 2.75) is 43.9 Å². The van der Waals surface area contributed by atoms with Gasteiger partial charge in [-0.05, 0) is 56.4 Å². The number of nitrogens with one attached hydrogen (secondary N) is 1. The van der Waals surface area contributed by atoms with Crippen molar-refractivity contribution in [3.05, 3.63) is 24.3 Å². The Kier molecular flexibility index (Phi) is 6.16. The molecule has 0 spiro atoms. The maximum atomic E-state index is 13.0. The first-order chi connectivity index (χ1) is 12.9. The fourth-order valence-electron chi connectivity index (χ4n) is 3.80. The molecule has 8 heteroatoms. The molecule has 2 amide bonds. The number of carbonyl (C=O) groups excluding carboxylic acids is 2. The second-order valence-corrected chi connectivity index (χ2v) is 9.23. The van der Waals surface area contributed by atoms with Crippen molar-refractivity contribution < 1.29 is 18.0 Å². The highest BCUT2D eigenvalue weighted by atomic mass is 32.2. The Morgan fingerprint density at radius 1 is 1.00 bits per heavy atom. The highest BCUT2D eigenvalue weighted by Crippen LogP contribution is 2.26. The van der Waals surface area contributed by atoms with E-state index in [4.69, 9.17) is 0 Å². The van der Waals surface area contributed by atoms with Gasteiger partial charge < -0.3 is 10.2 Å². The molecule has 148 valence electrons. The number of likely N-dealkylation sites (tertiary alicyclic amines) is 1. The van der Waals surface area contributed by atoms with Gasteiger partial charge in [0.05, 0.1) is 10.8 Å². The van der Waals surface area contributed by atoms with Crippen molar-refractivity contribution >= 4 is 27.5 Å². The molecule has 2 saturated heterocycles. The minimum atomic E-state index is -3.65. The van der Waals surface area contributed by atoms with E-state index in [2.05, 4.69) is 5.32 Å². The van der Waals surface area contributed by atoms with Crippen LogP contribution in [0.25, 0.3) is 0 Å². The van der Waals surface area contributed by atoms with Gasteiger partial charge in [-0.3, -0.25) is 9.59 Å². The Balaban J connectivity index is 1.70. The van der Waals surface area contributed by atoms with Crippen molar-refractivity contribution in [2.75, 3.05) is 31.5 Å². The second kappa shape index (κ2) is 8.39. The van der Waals surface area contributed by atoms with Gasteiger partial charge in [0.25, 0.3) is 0 Å². The van der Waals surface area contributed by atoms with Gasteiger partial charge >= 0.3 is 0 Å². The quantitative estimate of drug-likeness (QED) is 0.848. The summed E-state index contributed by atoms with van der Waals surface area (Å²) in [5, 5.41) is 2.62. The Hall–Kier alpha value is -1.93. The van der Waals surface area contributed by atoms with Gasteiger partial charge in [0.2, 0.25) is 21.8 Å². The molecule has 0 saturated carbocycles. The summed E-state index contributed by atoms with van der Waals surface area (Å²) in [6.45, 7) is 3.64. The van der Waals surface area contributed by atoms with Gasteiger partial charge in [0.1, 0.15) is 0 Å². The van der Waals surface area contributed by atoms with Crippen LogP contribution in [0, 0.1) is 5.92 Å². The number of piperidine rings is 2. The average Bonchev–Trinajstić information content (AvgIpc) is 2.68. The monoisotopic (exact) mass is 393 g/mol. The molecule has 0 aromatic heterocycles. The zero-order valence-electron chi connectivity index (χ0n) is 15.7. The van der Waals surface area contributed by atoms with Crippen molar-refractivity contribution in [3.8, 4) is 0 Å². The molecule has 0 unspecified atom stereocenters. The molecule has 2 fully saturated rings. The minimum absolute atomic E-state index is 0.0932. The number of nitrogens with zero attached hydrogens (tertiary/aromatic N) is 2. The molecule has 0 bridgehead atoms. The first kappa shape index (κ1) is 19.8. The molecule has 0 aliphatic carbocycles. The van der Waals surface area contributed by atoms with E-state index in [-0.39, 0.29) is 29.2 Å². The van der Waals surface area contributed by atoms with Crippen LogP contribution in [0.5, 0.6) is 0 Å². The fraction of sp³-hybridized carbons (Fsp3) is 0.579. The average molecular weight is 394 g/mol. The normalized spacial score (nSPS) is 21.7. The van der Waals surface area contributed by atoms with Gasteiger partial charge in [-0.25, -0.2) is 8.42 Å². The molecule has 2 aliphatic rings. The molecular weight excluding hydrogens is 366 g/mol. The van der Waals surface area contributed by atoms with E-state index in [1.807, 2.05) is 4.90 Å². The Morgan fingerprint density at radius 3 is 2.30 bits per heavy atom. The number of rotatable bonds is 4. The van der Waals surface area contributed by atoms with Crippen molar-refractivity contribution in [3.63, 3.8) is 0 Å². The standard InChI is InChI=1S/C19H27N3O4S/c1-15(23)20-17-7-9-18(10-8-17)27(25,26)22-13-5-6-16(14-22)19(24)21-11-3-2-4-12-21/h7-10,16H,2-6,11-14H2,1H3,(H,20,23)/t16-/m1/s1. The zero-order chi connectivity index (χ0) is 19.4. The van der Waals surface area contributed by atoms with Gasteiger partial charge in [0, 0.05) is 38.8 Å². The molecule has 1 N–H and O–H groups in total. The fourth-order valence-corrected chi connectivity index (χ4v) is 5.32. The number of anilines is 1. The summed E-state index contributed by atoms with van der Waals surface area (Å²) in [5.74, 6) is -0.374.